The highest BCUT2D eigenvalue weighted by Gasteiger charge is 2.28. The summed E-state index contributed by atoms with van der Waals surface area (Å²) in [6.45, 7) is 4.11. The first-order valence-corrected chi connectivity index (χ1v) is 12.5. The van der Waals surface area contributed by atoms with E-state index < -0.39 is 10.0 Å². The molecule has 3 aromatic rings. The van der Waals surface area contributed by atoms with Crippen molar-refractivity contribution in [1.82, 2.24) is 4.90 Å². The second kappa shape index (κ2) is 10.8. The van der Waals surface area contributed by atoms with Gasteiger partial charge in [0, 0.05) is 38.9 Å². The Morgan fingerprint density at radius 3 is 2.18 bits per heavy atom. The number of para-hydroxylation sites is 1. The predicted molar refractivity (Wildman–Crippen MR) is 139 cm³/mol. The lowest BCUT2D eigenvalue weighted by Gasteiger charge is -2.24. The number of carbonyl (C=O) groups excluding carboxylic acids is 1. The minimum absolute atomic E-state index is 0.0449. The Kier molecular flexibility index (Phi) is 8.02. The van der Waals surface area contributed by atoms with Crippen LogP contribution in [0.25, 0.3) is 0 Å². The van der Waals surface area contributed by atoms with Crippen LogP contribution in [-0.4, -0.2) is 46.9 Å². The maximum Gasteiger partial charge on any atom is 0.266 e. The van der Waals surface area contributed by atoms with Gasteiger partial charge in [0.15, 0.2) is 0 Å². The summed E-state index contributed by atoms with van der Waals surface area (Å²) < 4.78 is 28.3. The van der Waals surface area contributed by atoms with E-state index in [1.807, 2.05) is 43.3 Å². The number of hydrogen-bond acceptors (Lipinski definition) is 4. The van der Waals surface area contributed by atoms with Crippen LogP contribution in [-0.2, 0) is 16.6 Å². The normalized spacial score (nSPS) is 11.1. The minimum atomic E-state index is -4.05. The molecule has 178 valence electrons. The highest BCUT2D eigenvalue weighted by atomic mass is 35.5. The molecule has 0 heterocycles. The molecule has 0 radical (unpaired) electrons. The summed E-state index contributed by atoms with van der Waals surface area (Å²) in [5.74, 6) is -0.306. The Morgan fingerprint density at radius 2 is 1.59 bits per heavy atom. The lowest BCUT2D eigenvalue weighted by molar-refractivity contribution is 0.0785. The molecule has 0 fully saturated rings. The molecule has 34 heavy (non-hydrogen) atoms. The van der Waals surface area contributed by atoms with Crippen molar-refractivity contribution in [2.45, 2.75) is 11.4 Å². The van der Waals surface area contributed by atoms with Crippen molar-refractivity contribution in [2.75, 3.05) is 36.9 Å². The van der Waals surface area contributed by atoms with Crippen LogP contribution in [0.5, 0.6) is 0 Å². The number of halogens is 1. The van der Waals surface area contributed by atoms with Crippen molar-refractivity contribution in [1.29, 1.82) is 0 Å². The van der Waals surface area contributed by atoms with E-state index in [1.165, 1.54) is 28.6 Å². The van der Waals surface area contributed by atoms with Gasteiger partial charge in [-0.3, -0.25) is 9.10 Å². The van der Waals surface area contributed by atoms with Gasteiger partial charge >= 0.3 is 0 Å². The van der Waals surface area contributed by atoms with E-state index in [0.717, 1.165) is 11.3 Å². The summed E-state index contributed by atoms with van der Waals surface area (Å²) in [6.07, 6.45) is 1.50. The summed E-state index contributed by atoms with van der Waals surface area (Å²) in [7, 11) is 1.56. The van der Waals surface area contributed by atoms with Crippen molar-refractivity contribution in [2.24, 2.45) is 0 Å². The smallest absolute Gasteiger partial charge is 0.266 e. The lowest BCUT2D eigenvalue weighted by atomic mass is 10.1. The number of amides is 1. The molecule has 0 unspecified atom stereocenters. The highest BCUT2D eigenvalue weighted by molar-refractivity contribution is 7.93. The molecule has 0 saturated carbocycles. The molecule has 3 aromatic carbocycles. The van der Waals surface area contributed by atoms with Crippen molar-refractivity contribution < 1.29 is 13.2 Å². The summed E-state index contributed by atoms with van der Waals surface area (Å²) in [6, 6.07) is 20.9. The molecular weight excluding hydrogens is 470 g/mol. The van der Waals surface area contributed by atoms with Crippen LogP contribution in [0.15, 0.2) is 90.3 Å². The molecule has 0 N–H and O–H groups in total. The van der Waals surface area contributed by atoms with Gasteiger partial charge in [-0.15, -0.1) is 6.58 Å². The van der Waals surface area contributed by atoms with Gasteiger partial charge in [-0.25, -0.2) is 8.42 Å². The van der Waals surface area contributed by atoms with Gasteiger partial charge in [-0.05, 0) is 48.0 Å². The molecule has 0 aliphatic rings. The Morgan fingerprint density at radius 1 is 0.941 bits per heavy atom. The Balaban J connectivity index is 1.89. The Labute approximate surface area is 206 Å². The van der Waals surface area contributed by atoms with Gasteiger partial charge in [0.2, 0.25) is 0 Å². The van der Waals surface area contributed by atoms with Gasteiger partial charge in [0.05, 0.1) is 17.3 Å². The topological polar surface area (TPSA) is 60.9 Å². The Hall–Kier alpha value is -3.29. The standard InChI is InChI=1S/C26H28ClN3O3S/c1-5-17-30(23-9-7-6-8-10-23)34(32,33)25-18-21(13-16-24(25)27)26(31)29(4)19-20-11-14-22(15-12-20)28(2)3/h5-16,18H,1,17,19H2,2-4H3. The molecule has 0 aliphatic heterocycles. The first kappa shape index (κ1) is 25.3. The van der Waals surface area contributed by atoms with Gasteiger partial charge in [-0.2, -0.15) is 0 Å². The van der Waals surface area contributed by atoms with Crippen LogP contribution >= 0.6 is 11.6 Å². The predicted octanol–water partition coefficient (Wildman–Crippen LogP) is 5.06. The van der Waals surface area contributed by atoms with Crippen LogP contribution < -0.4 is 9.21 Å². The van der Waals surface area contributed by atoms with Crippen molar-refractivity contribution in [3.8, 4) is 0 Å². The number of rotatable bonds is 9. The summed E-state index contributed by atoms with van der Waals surface area (Å²) in [5, 5.41) is 0.0449. The summed E-state index contributed by atoms with van der Waals surface area (Å²) >= 11 is 6.31. The third-order valence-corrected chi connectivity index (χ3v) is 7.58. The zero-order valence-electron chi connectivity index (χ0n) is 19.5. The highest BCUT2D eigenvalue weighted by Crippen LogP contribution is 2.30. The van der Waals surface area contributed by atoms with Crippen LogP contribution in [0.3, 0.4) is 0 Å². The first-order chi connectivity index (χ1) is 16.1. The number of sulfonamides is 1. The number of benzene rings is 3. The molecule has 8 heteroatoms. The van der Waals surface area contributed by atoms with E-state index in [0.29, 0.717) is 12.2 Å². The molecule has 0 aromatic heterocycles. The first-order valence-electron chi connectivity index (χ1n) is 10.6. The molecule has 1 amide bonds. The van der Waals surface area contributed by atoms with Crippen molar-refractivity contribution in [3.05, 3.63) is 102 Å². The van der Waals surface area contributed by atoms with E-state index >= 15 is 0 Å². The molecule has 0 aliphatic carbocycles. The number of hydrogen-bond donors (Lipinski definition) is 0. The van der Waals surface area contributed by atoms with Gasteiger partial charge in [-0.1, -0.05) is 48.0 Å². The summed E-state index contributed by atoms with van der Waals surface area (Å²) in [4.78, 5) is 16.5. The van der Waals surface area contributed by atoms with Crippen molar-refractivity contribution in [3.63, 3.8) is 0 Å². The fraction of sp³-hybridized carbons (Fsp3) is 0.192. The second-order valence-corrected chi connectivity index (χ2v) is 10.3. The van der Waals surface area contributed by atoms with Crippen LogP contribution in [0.1, 0.15) is 15.9 Å². The van der Waals surface area contributed by atoms with Crippen molar-refractivity contribution >= 4 is 38.9 Å². The average Bonchev–Trinajstić information content (AvgIpc) is 2.83. The van der Waals surface area contributed by atoms with Gasteiger partial charge in [0.1, 0.15) is 4.90 Å². The van der Waals surface area contributed by atoms with E-state index in [9.17, 15) is 13.2 Å². The number of carbonyl (C=O) groups is 1. The molecule has 0 bridgehead atoms. The number of anilines is 2. The van der Waals surface area contributed by atoms with E-state index in [2.05, 4.69) is 6.58 Å². The minimum Gasteiger partial charge on any atom is -0.378 e. The van der Waals surface area contributed by atoms with Gasteiger partial charge in [0.25, 0.3) is 15.9 Å². The van der Waals surface area contributed by atoms with E-state index in [-0.39, 0.29) is 27.9 Å². The molecule has 0 spiro atoms. The fourth-order valence-corrected chi connectivity index (χ4v) is 5.41. The molecule has 6 nitrogen and oxygen atoms in total. The van der Waals surface area contributed by atoms with E-state index in [1.54, 1.807) is 42.3 Å². The second-order valence-electron chi connectivity index (χ2n) is 8.03. The zero-order valence-corrected chi connectivity index (χ0v) is 21.1. The zero-order chi connectivity index (χ0) is 24.9. The van der Waals surface area contributed by atoms with Crippen LogP contribution in [0, 0.1) is 0 Å². The quantitative estimate of drug-likeness (QED) is 0.388. The molecule has 0 saturated heterocycles. The monoisotopic (exact) mass is 497 g/mol. The third-order valence-electron chi connectivity index (χ3n) is 5.30. The lowest BCUT2D eigenvalue weighted by Crippen LogP contribution is -2.32. The van der Waals surface area contributed by atoms with Gasteiger partial charge < -0.3 is 9.80 Å². The number of nitrogens with zero attached hydrogens (tertiary/aromatic N) is 3. The van der Waals surface area contributed by atoms with Crippen LogP contribution in [0.2, 0.25) is 5.02 Å². The Bertz CT molecular complexity index is 1260. The maximum atomic E-state index is 13.5. The molecular formula is C26H28ClN3O3S. The SMILES string of the molecule is C=CCN(c1ccccc1)S(=O)(=O)c1cc(C(=O)N(C)Cc2ccc(N(C)C)cc2)ccc1Cl. The molecule has 3 rings (SSSR count). The van der Waals surface area contributed by atoms with Crippen LogP contribution in [0.4, 0.5) is 11.4 Å². The fourth-order valence-electron chi connectivity index (χ4n) is 3.47. The third kappa shape index (κ3) is 5.61. The van der Waals surface area contributed by atoms with E-state index in [4.69, 9.17) is 11.6 Å². The average molecular weight is 498 g/mol. The molecule has 0 atom stereocenters. The maximum absolute atomic E-state index is 13.5. The summed E-state index contributed by atoms with van der Waals surface area (Å²) in [5.41, 5.74) is 2.74. The largest absolute Gasteiger partial charge is 0.378 e.